The SMILES string of the molecule is CCN(CCCN=C(N)NC(C)C)S(C)(=O)=O. The maximum Gasteiger partial charge on any atom is 0.211 e. The molecule has 0 aromatic rings. The molecule has 0 saturated heterocycles. The molecule has 17 heavy (non-hydrogen) atoms. The summed E-state index contributed by atoms with van der Waals surface area (Å²) < 4.78 is 24.0. The Morgan fingerprint density at radius 2 is 2.06 bits per heavy atom. The van der Waals surface area contributed by atoms with Crippen molar-refractivity contribution in [2.45, 2.75) is 33.2 Å². The van der Waals surface area contributed by atoms with E-state index in [-0.39, 0.29) is 6.04 Å². The number of nitrogens with one attached hydrogen (secondary N) is 1. The van der Waals surface area contributed by atoms with E-state index in [9.17, 15) is 8.42 Å². The Balaban J connectivity index is 3.99. The van der Waals surface area contributed by atoms with Gasteiger partial charge < -0.3 is 11.1 Å². The Bertz CT molecular complexity index is 338. The van der Waals surface area contributed by atoms with Crippen LogP contribution in [0.15, 0.2) is 4.99 Å². The lowest BCUT2D eigenvalue weighted by Crippen LogP contribution is -2.37. The van der Waals surface area contributed by atoms with E-state index in [2.05, 4.69) is 10.3 Å². The second kappa shape index (κ2) is 7.50. The molecule has 102 valence electrons. The molecule has 0 bridgehead atoms. The van der Waals surface area contributed by atoms with Gasteiger partial charge in [-0.1, -0.05) is 6.92 Å². The first kappa shape index (κ1) is 16.2. The molecule has 0 aliphatic rings. The lowest BCUT2D eigenvalue weighted by molar-refractivity contribution is 0.427. The molecular weight excluding hydrogens is 240 g/mol. The van der Waals surface area contributed by atoms with Gasteiger partial charge in [0, 0.05) is 25.7 Å². The van der Waals surface area contributed by atoms with Crippen LogP contribution in [0.5, 0.6) is 0 Å². The largest absolute Gasteiger partial charge is 0.370 e. The van der Waals surface area contributed by atoms with Crippen molar-refractivity contribution in [3.63, 3.8) is 0 Å². The first-order chi connectivity index (χ1) is 7.77. The summed E-state index contributed by atoms with van der Waals surface area (Å²) in [5.74, 6) is 0.405. The van der Waals surface area contributed by atoms with E-state index in [0.717, 1.165) is 0 Å². The Morgan fingerprint density at radius 3 is 2.47 bits per heavy atom. The third-order valence-corrected chi connectivity index (χ3v) is 3.48. The normalized spacial score (nSPS) is 13.4. The highest BCUT2D eigenvalue weighted by atomic mass is 32.2. The van der Waals surface area contributed by atoms with Crippen LogP contribution in [-0.2, 0) is 10.0 Å². The van der Waals surface area contributed by atoms with Gasteiger partial charge in [0.05, 0.1) is 6.26 Å². The molecule has 6 nitrogen and oxygen atoms in total. The van der Waals surface area contributed by atoms with Gasteiger partial charge in [0.2, 0.25) is 10.0 Å². The molecule has 0 spiro atoms. The van der Waals surface area contributed by atoms with E-state index in [1.807, 2.05) is 20.8 Å². The summed E-state index contributed by atoms with van der Waals surface area (Å²) in [5.41, 5.74) is 5.62. The monoisotopic (exact) mass is 264 g/mol. The summed E-state index contributed by atoms with van der Waals surface area (Å²) in [4.78, 5) is 4.11. The molecule has 0 aliphatic heterocycles. The van der Waals surface area contributed by atoms with E-state index < -0.39 is 10.0 Å². The minimum Gasteiger partial charge on any atom is -0.370 e. The number of rotatable bonds is 7. The third kappa shape index (κ3) is 7.98. The van der Waals surface area contributed by atoms with Crippen molar-refractivity contribution in [3.8, 4) is 0 Å². The molecule has 0 aliphatic carbocycles. The molecule has 0 unspecified atom stereocenters. The quantitative estimate of drug-likeness (QED) is 0.384. The molecule has 0 atom stereocenters. The molecule has 0 aromatic carbocycles. The molecule has 0 fully saturated rings. The molecule has 0 saturated carbocycles. The molecular formula is C10H24N4O2S. The number of nitrogens with two attached hydrogens (primary N) is 1. The standard InChI is InChI=1S/C10H24N4O2S/c1-5-14(17(4,15)16)8-6-7-12-10(11)13-9(2)3/h9H,5-8H2,1-4H3,(H3,11,12,13). The van der Waals surface area contributed by atoms with Gasteiger partial charge in [-0.15, -0.1) is 0 Å². The van der Waals surface area contributed by atoms with Gasteiger partial charge in [-0.2, -0.15) is 0 Å². The fourth-order valence-corrected chi connectivity index (χ4v) is 2.28. The van der Waals surface area contributed by atoms with E-state index in [1.165, 1.54) is 10.6 Å². The minimum atomic E-state index is -3.10. The minimum absolute atomic E-state index is 0.252. The summed E-state index contributed by atoms with van der Waals surface area (Å²) in [7, 11) is -3.10. The summed E-state index contributed by atoms with van der Waals surface area (Å²) in [6.45, 7) is 7.27. The van der Waals surface area contributed by atoms with Gasteiger partial charge in [-0.25, -0.2) is 12.7 Å². The van der Waals surface area contributed by atoms with Crippen molar-refractivity contribution < 1.29 is 8.42 Å². The Labute approximate surface area is 104 Å². The molecule has 3 N–H and O–H groups in total. The molecule has 0 radical (unpaired) electrons. The van der Waals surface area contributed by atoms with Crippen molar-refractivity contribution in [2.75, 3.05) is 25.9 Å². The van der Waals surface area contributed by atoms with E-state index in [1.54, 1.807) is 0 Å². The fourth-order valence-electron chi connectivity index (χ4n) is 1.35. The van der Waals surface area contributed by atoms with Gasteiger partial charge in [0.1, 0.15) is 0 Å². The van der Waals surface area contributed by atoms with E-state index >= 15 is 0 Å². The summed E-state index contributed by atoms with van der Waals surface area (Å²) in [6.07, 6.45) is 1.88. The van der Waals surface area contributed by atoms with E-state index in [4.69, 9.17) is 5.73 Å². The van der Waals surface area contributed by atoms with Crippen molar-refractivity contribution in [1.82, 2.24) is 9.62 Å². The summed E-state index contributed by atoms with van der Waals surface area (Å²) >= 11 is 0. The van der Waals surface area contributed by atoms with E-state index in [0.29, 0.717) is 32.0 Å². The number of nitrogens with zero attached hydrogens (tertiary/aromatic N) is 2. The molecule has 0 amide bonds. The van der Waals surface area contributed by atoms with Gasteiger partial charge in [-0.05, 0) is 20.3 Å². The van der Waals surface area contributed by atoms with Gasteiger partial charge in [-0.3, -0.25) is 4.99 Å². The van der Waals surface area contributed by atoms with Crippen LogP contribution in [0.3, 0.4) is 0 Å². The van der Waals surface area contributed by atoms with Crippen LogP contribution >= 0.6 is 0 Å². The van der Waals surface area contributed by atoms with Gasteiger partial charge in [0.25, 0.3) is 0 Å². The average molecular weight is 264 g/mol. The Morgan fingerprint density at radius 1 is 1.47 bits per heavy atom. The fraction of sp³-hybridized carbons (Fsp3) is 0.900. The first-order valence-electron chi connectivity index (χ1n) is 5.79. The number of sulfonamides is 1. The van der Waals surface area contributed by atoms with Crippen LogP contribution in [-0.4, -0.2) is 50.6 Å². The van der Waals surface area contributed by atoms with Crippen molar-refractivity contribution in [2.24, 2.45) is 10.7 Å². The highest BCUT2D eigenvalue weighted by Crippen LogP contribution is 1.98. The zero-order valence-corrected chi connectivity index (χ0v) is 11.9. The second-order valence-electron chi connectivity index (χ2n) is 4.17. The number of aliphatic imine (C=N–C) groups is 1. The maximum atomic E-state index is 11.3. The average Bonchev–Trinajstić information content (AvgIpc) is 2.14. The first-order valence-corrected chi connectivity index (χ1v) is 7.63. The van der Waals surface area contributed by atoms with Crippen molar-refractivity contribution in [1.29, 1.82) is 0 Å². The Kier molecular flexibility index (Phi) is 7.13. The third-order valence-electron chi connectivity index (χ3n) is 2.11. The molecule has 7 heteroatoms. The number of hydrogen-bond donors (Lipinski definition) is 2. The van der Waals surface area contributed by atoms with Crippen molar-refractivity contribution in [3.05, 3.63) is 0 Å². The highest BCUT2D eigenvalue weighted by Gasteiger charge is 2.12. The smallest absolute Gasteiger partial charge is 0.211 e. The van der Waals surface area contributed by atoms with Crippen LogP contribution in [0.25, 0.3) is 0 Å². The molecule has 0 rings (SSSR count). The highest BCUT2D eigenvalue weighted by molar-refractivity contribution is 7.88. The van der Waals surface area contributed by atoms with Gasteiger partial charge >= 0.3 is 0 Å². The topological polar surface area (TPSA) is 87.8 Å². The number of guanidine groups is 1. The predicted octanol–water partition coefficient (Wildman–Crippen LogP) is -0.0293. The number of hydrogen-bond acceptors (Lipinski definition) is 3. The zero-order valence-electron chi connectivity index (χ0n) is 11.1. The summed E-state index contributed by atoms with van der Waals surface area (Å²) in [6, 6.07) is 0.252. The predicted molar refractivity (Wildman–Crippen MR) is 71.5 cm³/mol. The zero-order chi connectivity index (χ0) is 13.5. The second-order valence-corrected chi connectivity index (χ2v) is 6.16. The van der Waals surface area contributed by atoms with Crippen LogP contribution in [0, 0.1) is 0 Å². The lowest BCUT2D eigenvalue weighted by Gasteiger charge is -2.16. The van der Waals surface area contributed by atoms with Gasteiger partial charge in [0.15, 0.2) is 5.96 Å². The van der Waals surface area contributed by atoms with Crippen LogP contribution in [0.1, 0.15) is 27.2 Å². The summed E-state index contributed by atoms with van der Waals surface area (Å²) in [5, 5.41) is 2.97. The van der Waals surface area contributed by atoms with Crippen LogP contribution in [0.4, 0.5) is 0 Å². The van der Waals surface area contributed by atoms with Crippen LogP contribution < -0.4 is 11.1 Å². The molecule has 0 aromatic heterocycles. The van der Waals surface area contributed by atoms with Crippen LogP contribution in [0.2, 0.25) is 0 Å². The molecule has 0 heterocycles. The van der Waals surface area contributed by atoms with Crippen molar-refractivity contribution >= 4 is 16.0 Å². The Hall–Kier alpha value is -0.820. The lowest BCUT2D eigenvalue weighted by atomic mass is 10.4. The maximum absolute atomic E-state index is 11.3.